The minimum absolute atomic E-state index is 0. The van der Waals surface area contributed by atoms with Crippen molar-refractivity contribution >= 4 is 24.0 Å². The highest BCUT2D eigenvalue weighted by atomic mass is 35.5. The van der Waals surface area contributed by atoms with Gasteiger partial charge in [0.25, 0.3) is 5.91 Å². The van der Waals surface area contributed by atoms with Gasteiger partial charge in [0, 0.05) is 24.0 Å². The maximum atomic E-state index is 12.1. The zero-order valence-corrected chi connectivity index (χ0v) is 12.5. The van der Waals surface area contributed by atoms with E-state index in [0.717, 1.165) is 24.3 Å². The van der Waals surface area contributed by atoms with E-state index in [-0.39, 0.29) is 18.3 Å². The lowest BCUT2D eigenvalue weighted by Gasteiger charge is -2.07. The van der Waals surface area contributed by atoms with Crippen molar-refractivity contribution in [3.8, 4) is 0 Å². The van der Waals surface area contributed by atoms with Crippen molar-refractivity contribution in [1.82, 2.24) is 15.3 Å². The molecule has 2 heterocycles. The molecule has 5 nitrogen and oxygen atoms in total. The Morgan fingerprint density at radius 2 is 2.24 bits per heavy atom. The first-order valence-corrected chi connectivity index (χ1v) is 6.66. The van der Waals surface area contributed by atoms with E-state index in [4.69, 9.17) is 0 Å². The standard InChI is InChI=1S/C15H16N4O.ClH/c1-10-16-7-5-13(19-10)9-18-15(20)12-2-3-14-11(8-12)4-6-17-14;/h2-3,5,7-8,17H,4,6,9H2,1H3,(H,18,20);1H. The van der Waals surface area contributed by atoms with E-state index in [0.29, 0.717) is 17.9 Å². The molecule has 2 N–H and O–H groups in total. The van der Waals surface area contributed by atoms with Crippen LogP contribution in [-0.4, -0.2) is 22.4 Å². The molecule has 0 saturated heterocycles. The third-order valence-electron chi connectivity index (χ3n) is 3.34. The number of carbonyl (C=O) groups is 1. The summed E-state index contributed by atoms with van der Waals surface area (Å²) < 4.78 is 0. The summed E-state index contributed by atoms with van der Waals surface area (Å²) in [4.78, 5) is 20.4. The van der Waals surface area contributed by atoms with Crippen LogP contribution in [0.25, 0.3) is 0 Å². The lowest BCUT2D eigenvalue weighted by Crippen LogP contribution is -2.23. The molecule has 1 aliphatic heterocycles. The van der Waals surface area contributed by atoms with Crippen LogP contribution in [0.3, 0.4) is 0 Å². The highest BCUT2D eigenvalue weighted by molar-refractivity contribution is 5.95. The topological polar surface area (TPSA) is 66.9 Å². The Hall–Kier alpha value is -2.14. The quantitative estimate of drug-likeness (QED) is 0.911. The molecule has 1 aromatic carbocycles. The molecule has 0 bridgehead atoms. The van der Waals surface area contributed by atoms with Gasteiger partial charge in [-0.05, 0) is 43.2 Å². The van der Waals surface area contributed by atoms with Gasteiger partial charge in [-0.3, -0.25) is 4.79 Å². The van der Waals surface area contributed by atoms with E-state index in [2.05, 4.69) is 20.6 Å². The number of hydrogen-bond donors (Lipinski definition) is 2. The first-order chi connectivity index (χ1) is 9.72. The van der Waals surface area contributed by atoms with Crippen molar-refractivity contribution < 1.29 is 4.79 Å². The molecule has 0 atom stereocenters. The summed E-state index contributed by atoms with van der Waals surface area (Å²) in [5.74, 6) is 0.635. The average Bonchev–Trinajstić information content (AvgIpc) is 2.92. The molecule has 0 unspecified atom stereocenters. The lowest BCUT2D eigenvalue weighted by molar-refractivity contribution is 0.0950. The molecule has 0 radical (unpaired) electrons. The van der Waals surface area contributed by atoms with Crippen LogP contribution in [0.1, 0.15) is 27.4 Å². The molecule has 0 aliphatic carbocycles. The maximum absolute atomic E-state index is 12.1. The summed E-state index contributed by atoms with van der Waals surface area (Å²) in [7, 11) is 0. The Morgan fingerprint density at radius 1 is 1.38 bits per heavy atom. The van der Waals surface area contributed by atoms with Gasteiger partial charge >= 0.3 is 0 Å². The summed E-state index contributed by atoms with van der Waals surface area (Å²) >= 11 is 0. The average molecular weight is 305 g/mol. The predicted molar refractivity (Wildman–Crippen MR) is 83.8 cm³/mol. The number of hydrogen-bond acceptors (Lipinski definition) is 4. The number of anilines is 1. The van der Waals surface area contributed by atoms with Crippen LogP contribution in [0.4, 0.5) is 5.69 Å². The fraction of sp³-hybridized carbons (Fsp3) is 0.267. The number of halogens is 1. The first-order valence-electron chi connectivity index (χ1n) is 6.66. The SMILES string of the molecule is Cc1nccc(CNC(=O)c2ccc3c(c2)CCN3)n1.Cl. The van der Waals surface area contributed by atoms with Crippen molar-refractivity contribution in [2.75, 3.05) is 11.9 Å². The van der Waals surface area contributed by atoms with Gasteiger partial charge in [-0.1, -0.05) is 0 Å². The van der Waals surface area contributed by atoms with E-state index >= 15 is 0 Å². The lowest BCUT2D eigenvalue weighted by atomic mass is 10.1. The minimum atomic E-state index is -0.0732. The van der Waals surface area contributed by atoms with Gasteiger partial charge in [0.2, 0.25) is 0 Å². The second-order valence-corrected chi connectivity index (χ2v) is 4.83. The monoisotopic (exact) mass is 304 g/mol. The summed E-state index contributed by atoms with van der Waals surface area (Å²) in [5, 5.41) is 6.17. The van der Waals surface area contributed by atoms with Crippen LogP contribution in [0.15, 0.2) is 30.5 Å². The van der Waals surface area contributed by atoms with Crippen LogP contribution in [0.2, 0.25) is 0 Å². The number of fused-ring (bicyclic) bond motifs is 1. The van der Waals surface area contributed by atoms with Gasteiger partial charge in [0.05, 0.1) is 12.2 Å². The molecule has 6 heteroatoms. The third kappa shape index (κ3) is 3.49. The predicted octanol–water partition coefficient (Wildman–Crippen LogP) is 2.10. The fourth-order valence-corrected chi connectivity index (χ4v) is 2.32. The summed E-state index contributed by atoms with van der Waals surface area (Å²) in [6.07, 6.45) is 2.67. The van der Waals surface area contributed by atoms with E-state index in [1.807, 2.05) is 25.1 Å². The zero-order chi connectivity index (χ0) is 13.9. The van der Waals surface area contributed by atoms with E-state index < -0.39 is 0 Å². The second kappa shape index (κ2) is 6.54. The fourth-order valence-electron chi connectivity index (χ4n) is 2.32. The van der Waals surface area contributed by atoms with Crippen LogP contribution < -0.4 is 10.6 Å². The Balaban J connectivity index is 0.00000161. The summed E-state index contributed by atoms with van der Waals surface area (Å²) in [6.45, 7) is 3.19. The number of amides is 1. The zero-order valence-electron chi connectivity index (χ0n) is 11.7. The third-order valence-corrected chi connectivity index (χ3v) is 3.34. The molecule has 110 valence electrons. The molecule has 3 rings (SSSR count). The molecule has 0 saturated carbocycles. The normalized spacial score (nSPS) is 12.0. The second-order valence-electron chi connectivity index (χ2n) is 4.83. The molecule has 1 aromatic heterocycles. The number of nitrogens with zero attached hydrogens (tertiary/aromatic N) is 2. The molecule has 0 fully saturated rings. The number of rotatable bonds is 3. The molecular weight excluding hydrogens is 288 g/mol. The summed E-state index contributed by atoms with van der Waals surface area (Å²) in [5.41, 5.74) is 3.84. The number of carbonyl (C=O) groups excluding carboxylic acids is 1. The molecule has 21 heavy (non-hydrogen) atoms. The van der Waals surface area contributed by atoms with Crippen molar-refractivity contribution in [1.29, 1.82) is 0 Å². The Morgan fingerprint density at radius 3 is 3.05 bits per heavy atom. The largest absolute Gasteiger partial charge is 0.384 e. The Bertz CT molecular complexity index is 660. The van der Waals surface area contributed by atoms with Crippen molar-refractivity contribution in [2.45, 2.75) is 19.9 Å². The molecular formula is C15H17ClN4O. The highest BCUT2D eigenvalue weighted by Crippen LogP contribution is 2.22. The maximum Gasteiger partial charge on any atom is 0.251 e. The van der Waals surface area contributed by atoms with Gasteiger partial charge in [-0.2, -0.15) is 0 Å². The van der Waals surface area contributed by atoms with Gasteiger partial charge in [0.1, 0.15) is 5.82 Å². The highest BCUT2D eigenvalue weighted by Gasteiger charge is 2.13. The Kier molecular flexibility index (Phi) is 4.75. The van der Waals surface area contributed by atoms with Gasteiger partial charge < -0.3 is 10.6 Å². The van der Waals surface area contributed by atoms with Crippen molar-refractivity contribution in [2.24, 2.45) is 0 Å². The van der Waals surface area contributed by atoms with Gasteiger partial charge in [-0.15, -0.1) is 12.4 Å². The number of benzene rings is 1. The van der Waals surface area contributed by atoms with Gasteiger partial charge in [-0.25, -0.2) is 9.97 Å². The van der Waals surface area contributed by atoms with Crippen LogP contribution >= 0.6 is 12.4 Å². The van der Waals surface area contributed by atoms with E-state index in [1.54, 1.807) is 12.3 Å². The number of nitrogens with one attached hydrogen (secondary N) is 2. The van der Waals surface area contributed by atoms with E-state index in [9.17, 15) is 4.79 Å². The van der Waals surface area contributed by atoms with Crippen molar-refractivity contribution in [3.05, 3.63) is 53.1 Å². The van der Waals surface area contributed by atoms with Crippen LogP contribution in [0.5, 0.6) is 0 Å². The number of aryl methyl sites for hydroxylation is 1. The molecule has 1 aliphatic rings. The van der Waals surface area contributed by atoms with Crippen LogP contribution in [0, 0.1) is 6.92 Å². The van der Waals surface area contributed by atoms with Crippen molar-refractivity contribution in [3.63, 3.8) is 0 Å². The smallest absolute Gasteiger partial charge is 0.251 e. The number of aromatic nitrogens is 2. The first kappa shape index (κ1) is 15.3. The van der Waals surface area contributed by atoms with Crippen LogP contribution in [-0.2, 0) is 13.0 Å². The molecule has 2 aromatic rings. The molecule has 1 amide bonds. The summed E-state index contributed by atoms with van der Waals surface area (Å²) in [6, 6.07) is 7.57. The molecule has 0 spiro atoms. The minimum Gasteiger partial charge on any atom is -0.384 e. The Labute approximate surface area is 129 Å². The van der Waals surface area contributed by atoms with Gasteiger partial charge in [0.15, 0.2) is 0 Å². The van der Waals surface area contributed by atoms with E-state index in [1.165, 1.54) is 5.56 Å².